The Hall–Kier alpha value is -6.99. The Bertz CT molecular complexity index is 2310. The van der Waals surface area contributed by atoms with Crippen molar-refractivity contribution in [2.24, 2.45) is 5.92 Å². The van der Waals surface area contributed by atoms with Gasteiger partial charge in [-0.05, 0) is 72.7 Å². The summed E-state index contributed by atoms with van der Waals surface area (Å²) in [5.74, 6) is -7.20. The van der Waals surface area contributed by atoms with Crippen molar-refractivity contribution < 1.29 is 78.4 Å². The first kappa shape index (κ1) is 47.7. The second kappa shape index (κ2) is 20.0. The molecule has 62 heavy (non-hydrogen) atoms. The highest BCUT2D eigenvalue weighted by molar-refractivity contribution is 6.32. The normalized spacial score (nSPS) is 14.5. The van der Waals surface area contributed by atoms with E-state index in [-0.39, 0.29) is 11.8 Å². The van der Waals surface area contributed by atoms with Crippen LogP contribution in [0.25, 0.3) is 11.2 Å². The number of hydrogen-bond donors (Lipinski definition) is 6. The molecule has 27 heteroatoms. The fraction of sp³-hybridized carbons (Fsp3) is 0.286. The number of amides is 1. The summed E-state index contributed by atoms with van der Waals surface area (Å²) < 4.78 is 101. The van der Waals surface area contributed by atoms with Gasteiger partial charge in [-0.25, -0.2) is 24.4 Å². The number of fused-ring (bicyclic) bond motifs is 7. The molecule has 1 saturated heterocycles. The van der Waals surface area contributed by atoms with E-state index in [9.17, 15) is 44.3 Å². The van der Waals surface area contributed by atoms with E-state index in [0.29, 0.717) is 47.9 Å². The number of aliphatic carboxylic acids is 3. The second-order valence-electron chi connectivity index (χ2n) is 12.7. The van der Waals surface area contributed by atoms with Gasteiger partial charge in [-0.2, -0.15) is 49.5 Å². The summed E-state index contributed by atoms with van der Waals surface area (Å²) in [6.45, 7) is 1.49. The molecule has 2 aliphatic rings. The summed E-state index contributed by atoms with van der Waals surface area (Å²) in [6, 6.07) is 12.2. The smallest absolute Gasteiger partial charge is 0.475 e. The molecule has 1 fully saturated rings. The van der Waals surface area contributed by atoms with Crippen molar-refractivity contribution in [3.8, 4) is 0 Å². The van der Waals surface area contributed by atoms with E-state index in [1.807, 2.05) is 42.6 Å². The number of pyridine rings is 2. The molecule has 1 atom stereocenters. The minimum Gasteiger partial charge on any atom is -0.475 e. The highest BCUT2D eigenvalue weighted by atomic mass is 35.5. The first-order valence-electron chi connectivity index (χ1n) is 17.2. The molecule has 0 saturated carbocycles. The van der Waals surface area contributed by atoms with Crippen LogP contribution in [0.4, 0.5) is 74.4 Å². The number of halogens is 10. The van der Waals surface area contributed by atoms with Crippen LogP contribution < -0.4 is 20.9 Å². The second-order valence-corrected chi connectivity index (χ2v) is 13.1. The Morgan fingerprint density at radius 1 is 0.823 bits per heavy atom. The third-order valence-electron chi connectivity index (χ3n) is 8.03. The Labute approximate surface area is 346 Å². The molecule has 6 heterocycles. The van der Waals surface area contributed by atoms with Crippen LogP contribution in [0.3, 0.4) is 0 Å². The molecule has 0 spiro atoms. The molecule has 1 amide bonds. The van der Waals surface area contributed by atoms with Crippen LogP contribution in [0.15, 0.2) is 65.6 Å². The lowest BCUT2D eigenvalue weighted by molar-refractivity contribution is -0.193. The van der Waals surface area contributed by atoms with Crippen molar-refractivity contribution in [2.45, 2.75) is 44.2 Å². The summed E-state index contributed by atoms with van der Waals surface area (Å²) in [5.41, 5.74) is 5.70. The summed E-state index contributed by atoms with van der Waals surface area (Å²) >= 11 is 6.38. The number of hydrogen-bond acceptors (Lipinski definition) is 13. The van der Waals surface area contributed by atoms with Crippen LogP contribution >= 0.6 is 11.6 Å². The van der Waals surface area contributed by atoms with Crippen LogP contribution in [0.2, 0.25) is 5.02 Å². The standard InChI is InChI=1S/C29H26ClN9O2.3C2HF3O2/c30-22-15-33-28-35-21-10-17(13-31-14-21)3-4-19-12-20(34-26(22)38-28)5-6-23(19)36-25(40)11-18-7-9-39(16-18)29-37-24-2-1-8-32-27(24)41-29;3*3-2(4,5)1(6)7/h1-2,5-6,8,10,12-15,18H,3-4,7,9,11,16H2,(H,36,40)(H2,33,34,35,38);3*(H,6,7)/t18-;;;/m0.../s1. The van der Waals surface area contributed by atoms with E-state index in [2.05, 4.69) is 45.8 Å². The fourth-order valence-corrected chi connectivity index (χ4v) is 5.42. The number of anilines is 6. The molecule has 17 nitrogen and oxygen atoms in total. The Morgan fingerprint density at radius 2 is 1.47 bits per heavy atom. The van der Waals surface area contributed by atoms with Crippen LogP contribution in [0, 0.1) is 5.92 Å². The third-order valence-corrected chi connectivity index (χ3v) is 8.31. The summed E-state index contributed by atoms with van der Waals surface area (Å²) in [7, 11) is 0. The number of aryl methyl sites for hydroxylation is 2. The third kappa shape index (κ3) is 14.3. The Balaban J connectivity index is 0.000000333. The Kier molecular flexibility index (Phi) is 15.4. The van der Waals surface area contributed by atoms with E-state index >= 15 is 0 Å². The van der Waals surface area contributed by atoms with Crippen molar-refractivity contribution in [1.82, 2.24) is 24.9 Å². The van der Waals surface area contributed by atoms with Crippen LogP contribution in [-0.4, -0.2) is 95.7 Å². The molecule has 7 rings (SSSR count). The number of nitrogens with zero attached hydrogens (tertiary/aromatic N) is 6. The maximum Gasteiger partial charge on any atom is 0.490 e. The largest absolute Gasteiger partial charge is 0.490 e. The lowest BCUT2D eigenvalue weighted by atomic mass is 10.0. The van der Waals surface area contributed by atoms with Crippen molar-refractivity contribution in [3.05, 3.63) is 77.3 Å². The lowest BCUT2D eigenvalue weighted by Gasteiger charge is -2.16. The highest BCUT2D eigenvalue weighted by Crippen LogP contribution is 2.31. The average Bonchev–Trinajstić information content (AvgIpc) is 3.83. The number of carboxylic acid groups (broad SMARTS) is 3. The van der Waals surface area contributed by atoms with E-state index < -0.39 is 36.4 Å². The first-order valence-corrected chi connectivity index (χ1v) is 17.6. The van der Waals surface area contributed by atoms with Gasteiger partial charge >= 0.3 is 36.4 Å². The molecule has 4 aromatic heterocycles. The van der Waals surface area contributed by atoms with E-state index in [1.165, 1.54) is 0 Å². The van der Waals surface area contributed by atoms with E-state index in [0.717, 1.165) is 53.1 Å². The van der Waals surface area contributed by atoms with Crippen molar-refractivity contribution in [1.29, 1.82) is 0 Å². The molecular weight excluding hydrogens is 881 g/mol. The predicted octanol–water partition coefficient (Wildman–Crippen LogP) is 7.40. The highest BCUT2D eigenvalue weighted by Gasteiger charge is 2.39. The van der Waals surface area contributed by atoms with Gasteiger partial charge in [-0.1, -0.05) is 11.6 Å². The van der Waals surface area contributed by atoms with Crippen molar-refractivity contribution in [2.75, 3.05) is 33.9 Å². The molecule has 0 radical (unpaired) electrons. The zero-order valence-corrected chi connectivity index (χ0v) is 31.7. The fourth-order valence-electron chi connectivity index (χ4n) is 5.28. The number of carbonyl (C=O) groups is 4. The van der Waals surface area contributed by atoms with Gasteiger partial charge in [0.15, 0.2) is 5.82 Å². The number of carboxylic acids is 3. The molecular formula is C35H29ClF9N9O8. The lowest BCUT2D eigenvalue weighted by Crippen LogP contribution is -2.22. The van der Waals surface area contributed by atoms with Crippen LogP contribution in [0.1, 0.15) is 24.0 Å². The molecule has 5 aromatic rings. The number of aromatic nitrogens is 5. The number of nitrogens with one attached hydrogen (secondary N) is 3. The van der Waals surface area contributed by atoms with Gasteiger partial charge in [0.1, 0.15) is 10.5 Å². The van der Waals surface area contributed by atoms with Crippen molar-refractivity contribution in [3.63, 3.8) is 0 Å². The van der Waals surface area contributed by atoms with Gasteiger partial charge in [0.05, 0.1) is 18.1 Å². The summed E-state index contributed by atoms with van der Waals surface area (Å²) in [4.78, 5) is 63.9. The maximum absolute atomic E-state index is 13.2. The van der Waals surface area contributed by atoms with Gasteiger partial charge in [0, 0.05) is 43.3 Å². The predicted molar refractivity (Wildman–Crippen MR) is 198 cm³/mol. The van der Waals surface area contributed by atoms with Gasteiger partial charge in [-0.15, -0.1) is 0 Å². The van der Waals surface area contributed by atoms with Gasteiger partial charge in [0.25, 0.3) is 6.01 Å². The Morgan fingerprint density at radius 3 is 2.08 bits per heavy atom. The van der Waals surface area contributed by atoms with Gasteiger partial charge < -0.3 is 40.6 Å². The molecule has 6 N–H and O–H groups in total. The molecule has 332 valence electrons. The van der Waals surface area contributed by atoms with Crippen molar-refractivity contribution >= 4 is 81.5 Å². The monoisotopic (exact) mass is 909 g/mol. The quantitative estimate of drug-likeness (QED) is 0.0962. The molecule has 2 aliphatic heterocycles. The minimum absolute atomic E-state index is 0.0210. The topological polar surface area (TPSA) is 246 Å². The number of benzene rings is 1. The molecule has 1 aromatic carbocycles. The van der Waals surface area contributed by atoms with Crippen LogP contribution in [0.5, 0.6) is 0 Å². The van der Waals surface area contributed by atoms with Crippen LogP contribution in [-0.2, 0) is 32.0 Å². The van der Waals surface area contributed by atoms with E-state index in [4.69, 9.17) is 45.7 Å². The zero-order chi connectivity index (χ0) is 46.0. The number of alkyl halides is 9. The molecule has 0 unspecified atom stereocenters. The zero-order valence-electron chi connectivity index (χ0n) is 30.9. The first-order chi connectivity index (χ1) is 28.9. The van der Waals surface area contributed by atoms with Gasteiger partial charge in [-0.3, -0.25) is 9.78 Å². The average molecular weight is 910 g/mol. The molecule has 0 aliphatic carbocycles. The molecule has 6 bridgehead atoms. The number of oxazole rings is 1. The number of carbonyl (C=O) groups excluding carboxylic acids is 1. The number of rotatable bonds is 4. The van der Waals surface area contributed by atoms with E-state index in [1.54, 1.807) is 18.6 Å². The minimum atomic E-state index is -5.08. The summed E-state index contributed by atoms with van der Waals surface area (Å²) in [5, 5.41) is 31.4. The maximum atomic E-state index is 13.2. The SMILES string of the molecule is O=C(C[C@@H]1CCN(c2nc3cccnc3o2)C1)Nc1ccc2cc1CCc1cncc(c1)Nc1ncc(Cl)c(n1)N2.O=C(O)C(F)(F)F.O=C(O)C(F)(F)F.O=C(O)C(F)(F)F. The van der Waals surface area contributed by atoms with Gasteiger partial charge in [0.2, 0.25) is 17.6 Å². The summed E-state index contributed by atoms with van der Waals surface area (Å²) in [6.07, 6.45) is -5.70.